The second-order valence-electron chi connectivity index (χ2n) is 6.91. The van der Waals surface area contributed by atoms with Gasteiger partial charge in [0.25, 0.3) is 0 Å². The molecule has 20 heavy (non-hydrogen) atoms. The molecule has 1 rings (SSSR count). The van der Waals surface area contributed by atoms with Crippen molar-refractivity contribution in [3.8, 4) is 0 Å². The van der Waals surface area contributed by atoms with Crippen molar-refractivity contribution in [2.24, 2.45) is 5.92 Å². The summed E-state index contributed by atoms with van der Waals surface area (Å²) in [6.07, 6.45) is 1.91. The summed E-state index contributed by atoms with van der Waals surface area (Å²) in [5.74, 6) is 0.601. The number of esters is 1. The van der Waals surface area contributed by atoms with E-state index in [-0.39, 0.29) is 17.8 Å². The molecule has 1 saturated heterocycles. The molecular formula is C15H27NO3S. The van der Waals surface area contributed by atoms with Gasteiger partial charge in [-0.3, -0.25) is 4.79 Å². The maximum absolute atomic E-state index is 12.4. The van der Waals surface area contributed by atoms with Crippen LogP contribution in [0.25, 0.3) is 0 Å². The molecule has 1 N–H and O–H groups in total. The average Bonchev–Trinajstić information content (AvgIpc) is 2.70. The summed E-state index contributed by atoms with van der Waals surface area (Å²) >= 11 is 1.67. The summed E-state index contributed by atoms with van der Waals surface area (Å²) in [6.45, 7) is 11.3. The molecule has 1 aliphatic heterocycles. The zero-order chi connectivity index (χ0) is 15.6. The van der Waals surface area contributed by atoms with Crippen LogP contribution in [0, 0.1) is 5.92 Å². The van der Waals surface area contributed by atoms with Crippen LogP contribution in [0.15, 0.2) is 0 Å². The minimum absolute atomic E-state index is 0.00352. The van der Waals surface area contributed by atoms with Crippen molar-refractivity contribution < 1.29 is 14.3 Å². The highest BCUT2D eigenvalue weighted by Gasteiger charge is 2.40. The third-order valence-corrected chi connectivity index (χ3v) is 4.83. The maximum Gasteiger partial charge on any atom is 0.329 e. The minimum Gasteiger partial charge on any atom is -0.458 e. The van der Waals surface area contributed by atoms with Crippen molar-refractivity contribution in [1.29, 1.82) is 0 Å². The van der Waals surface area contributed by atoms with Crippen LogP contribution < -0.4 is 5.32 Å². The first kappa shape index (κ1) is 17.3. The number of rotatable bonds is 4. The lowest BCUT2D eigenvalue weighted by Gasteiger charge is -2.29. The Morgan fingerprint density at radius 3 is 2.30 bits per heavy atom. The van der Waals surface area contributed by atoms with Gasteiger partial charge in [-0.25, -0.2) is 4.79 Å². The van der Waals surface area contributed by atoms with Gasteiger partial charge in [0.2, 0.25) is 5.91 Å². The summed E-state index contributed by atoms with van der Waals surface area (Å²) in [4.78, 5) is 24.6. The zero-order valence-corrected chi connectivity index (χ0v) is 14.2. The first-order chi connectivity index (χ1) is 9.05. The first-order valence-electron chi connectivity index (χ1n) is 7.23. The lowest BCUT2D eigenvalue weighted by Crippen LogP contribution is -2.52. The Kier molecular flexibility index (Phi) is 5.53. The largest absolute Gasteiger partial charge is 0.458 e. The highest BCUT2D eigenvalue weighted by Crippen LogP contribution is 2.38. The highest BCUT2D eigenvalue weighted by atomic mass is 32.2. The second-order valence-corrected chi connectivity index (χ2v) is 8.51. The van der Waals surface area contributed by atoms with E-state index in [9.17, 15) is 9.59 Å². The molecule has 0 saturated carbocycles. The van der Waals surface area contributed by atoms with Crippen LogP contribution in [-0.2, 0) is 14.3 Å². The molecule has 5 heteroatoms. The van der Waals surface area contributed by atoms with Crippen LogP contribution in [0.1, 0.15) is 54.4 Å². The Morgan fingerprint density at radius 2 is 1.90 bits per heavy atom. The van der Waals surface area contributed by atoms with E-state index in [1.54, 1.807) is 11.8 Å². The fraction of sp³-hybridized carbons (Fsp3) is 0.867. The Balaban J connectivity index is 2.72. The molecule has 2 atom stereocenters. The quantitative estimate of drug-likeness (QED) is 0.811. The van der Waals surface area contributed by atoms with Gasteiger partial charge >= 0.3 is 5.97 Å². The van der Waals surface area contributed by atoms with Gasteiger partial charge < -0.3 is 10.1 Å². The first-order valence-corrected chi connectivity index (χ1v) is 8.21. The molecule has 0 bridgehead atoms. The van der Waals surface area contributed by atoms with Crippen molar-refractivity contribution in [2.45, 2.75) is 70.8 Å². The third-order valence-electron chi connectivity index (χ3n) is 3.31. The fourth-order valence-corrected chi connectivity index (χ4v) is 3.33. The van der Waals surface area contributed by atoms with Crippen molar-refractivity contribution in [1.82, 2.24) is 5.32 Å². The van der Waals surface area contributed by atoms with E-state index in [1.807, 2.05) is 41.5 Å². The predicted octanol–water partition coefficient (Wildman–Crippen LogP) is 2.75. The topological polar surface area (TPSA) is 55.4 Å². The van der Waals surface area contributed by atoms with Crippen molar-refractivity contribution in [3.05, 3.63) is 0 Å². The molecular weight excluding hydrogens is 274 g/mol. The van der Waals surface area contributed by atoms with Crippen LogP contribution in [0.3, 0.4) is 0 Å². The molecule has 116 valence electrons. The molecule has 0 aromatic heterocycles. The molecule has 1 aliphatic rings. The van der Waals surface area contributed by atoms with Gasteiger partial charge in [-0.1, -0.05) is 13.8 Å². The van der Waals surface area contributed by atoms with E-state index in [4.69, 9.17) is 4.74 Å². The number of nitrogens with one attached hydrogen (secondary N) is 1. The highest BCUT2D eigenvalue weighted by molar-refractivity contribution is 8.01. The second kappa shape index (κ2) is 6.37. The SMILES string of the molecule is CC(C)[C@H](NC(=O)C1(C)CCCS1)C(=O)OC(C)(C)C. The summed E-state index contributed by atoms with van der Waals surface area (Å²) < 4.78 is 4.99. The van der Waals surface area contributed by atoms with Gasteiger partial charge in [0.1, 0.15) is 11.6 Å². The Morgan fingerprint density at radius 1 is 1.30 bits per heavy atom. The molecule has 4 nitrogen and oxygen atoms in total. The molecule has 0 spiro atoms. The minimum atomic E-state index is -0.584. The average molecular weight is 301 g/mol. The van der Waals surface area contributed by atoms with Gasteiger partial charge in [-0.05, 0) is 52.2 Å². The standard InChI is InChI=1S/C15H27NO3S/c1-10(2)11(12(17)19-14(3,4)5)16-13(18)15(6)8-7-9-20-15/h10-11H,7-9H2,1-6H3,(H,16,18)/t11-,15?/m0/s1. The monoisotopic (exact) mass is 301 g/mol. The summed E-state index contributed by atoms with van der Waals surface area (Å²) in [5, 5.41) is 2.89. The van der Waals surface area contributed by atoms with Crippen LogP contribution >= 0.6 is 11.8 Å². The van der Waals surface area contributed by atoms with E-state index >= 15 is 0 Å². The van der Waals surface area contributed by atoms with E-state index in [0.29, 0.717) is 0 Å². The van der Waals surface area contributed by atoms with E-state index in [1.165, 1.54) is 0 Å². The predicted molar refractivity (Wildman–Crippen MR) is 82.7 cm³/mol. The fourth-order valence-electron chi connectivity index (χ4n) is 2.12. The van der Waals surface area contributed by atoms with Crippen molar-refractivity contribution in [3.63, 3.8) is 0 Å². The smallest absolute Gasteiger partial charge is 0.329 e. The van der Waals surface area contributed by atoms with E-state index < -0.39 is 16.4 Å². The lowest BCUT2D eigenvalue weighted by atomic mass is 10.0. The lowest BCUT2D eigenvalue weighted by molar-refractivity contribution is -0.160. The van der Waals surface area contributed by atoms with Gasteiger partial charge in [-0.15, -0.1) is 11.8 Å². The summed E-state index contributed by atoms with van der Waals surface area (Å²) in [7, 11) is 0. The van der Waals surface area contributed by atoms with Crippen molar-refractivity contribution >= 4 is 23.6 Å². The molecule has 0 aromatic rings. The van der Waals surface area contributed by atoms with Gasteiger partial charge in [0.05, 0.1) is 4.75 Å². The normalized spacial score (nSPS) is 24.6. The number of hydrogen-bond donors (Lipinski definition) is 1. The molecule has 1 unspecified atom stereocenters. The van der Waals surface area contributed by atoms with E-state index in [0.717, 1.165) is 18.6 Å². The molecule has 1 fully saturated rings. The van der Waals surface area contributed by atoms with Crippen LogP contribution in [0.5, 0.6) is 0 Å². The van der Waals surface area contributed by atoms with Gasteiger partial charge in [-0.2, -0.15) is 0 Å². The molecule has 0 aromatic carbocycles. The number of thioether (sulfide) groups is 1. The zero-order valence-electron chi connectivity index (χ0n) is 13.4. The Bertz CT molecular complexity index is 368. The van der Waals surface area contributed by atoms with Crippen LogP contribution in [-0.4, -0.2) is 34.0 Å². The van der Waals surface area contributed by atoms with Crippen LogP contribution in [0.4, 0.5) is 0 Å². The molecule has 1 heterocycles. The van der Waals surface area contributed by atoms with Crippen molar-refractivity contribution in [2.75, 3.05) is 5.75 Å². The molecule has 0 aliphatic carbocycles. The van der Waals surface area contributed by atoms with Gasteiger partial charge in [0, 0.05) is 0 Å². The number of hydrogen-bond acceptors (Lipinski definition) is 4. The number of amides is 1. The molecule has 0 radical (unpaired) electrons. The summed E-state index contributed by atoms with van der Waals surface area (Å²) in [5.41, 5.74) is -0.541. The number of ether oxygens (including phenoxy) is 1. The summed E-state index contributed by atoms with van der Waals surface area (Å²) in [6, 6.07) is -0.584. The third kappa shape index (κ3) is 4.69. The number of carbonyl (C=O) groups excluding carboxylic acids is 2. The number of carbonyl (C=O) groups is 2. The van der Waals surface area contributed by atoms with E-state index in [2.05, 4.69) is 5.32 Å². The van der Waals surface area contributed by atoms with Crippen LogP contribution in [0.2, 0.25) is 0 Å². The maximum atomic E-state index is 12.4. The Labute approximate surface area is 126 Å². The molecule has 1 amide bonds. The van der Waals surface area contributed by atoms with Gasteiger partial charge in [0.15, 0.2) is 0 Å². The Hall–Kier alpha value is -0.710.